The molecule has 1 saturated carbocycles. The molecule has 0 aliphatic heterocycles. The first-order valence-corrected chi connectivity index (χ1v) is 5.87. The summed E-state index contributed by atoms with van der Waals surface area (Å²) in [7, 11) is 0. The first-order chi connectivity index (χ1) is 7.75. The van der Waals surface area contributed by atoms with E-state index in [1.807, 2.05) is 0 Å². The monoisotopic (exact) mass is 223 g/mol. The Labute approximate surface area is 94.5 Å². The molecular formula is C11H17N3O2. The Kier molecular flexibility index (Phi) is 3.54. The lowest BCUT2D eigenvalue weighted by atomic mass is 9.97. The van der Waals surface area contributed by atoms with Crippen LogP contribution in [0.4, 0.5) is 0 Å². The molecule has 0 radical (unpaired) electrons. The van der Waals surface area contributed by atoms with Crippen LogP contribution in [0, 0.1) is 0 Å². The van der Waals surface area contributed by atoms with Gasteiger partial charge in [-0.3, -0.25) is 4.79 Å². The van der Waals surface area contributed by atoms with Gasteiger partial charge in [-0.05, 0) is 12.8 Å². The smallest absolute Gasteiger partial charge is 0.325 e. The molecule has 5 heteroatoms. The van der Waals surface area contributed by atoms with Gasteiger partial charge in [-0.1, -0.05) is 30.9 Å². The van der Waals surface area contributed by atoms with Gasteiger partial charge in [0.25, 0.3) is 0 Å². The average molecular weight is 223 g/mol. The highest BCUT2D eigenvalue weighted by atomic mass is 16.4. The number of carbonyl (C=O) groups is 1. The van der Waals surface area contributed by atoms with E-state index in [1.54, 1.807) is 6.20 Å². The molecule has 1 heterocycles. The number of rotatable bonds is 3. The molecule has 16 heavy (non-hydrogen) atoms. The number of nitrogens with zero attached hydrogens (tertiary/aromatic N) is 3. The van der Waals surface area contributed by atoms with E-state index in [4.69, 9.17) is 5.11 Å². The number of aliphatic carboxylic acids is 1. The van der Waals surface area contributed by atoms with Crippen molar-refractivity contribution in [2.75, 3.05) is 0 Å². The Morgan fingerprint density at radius 3 is 2.69 bits per heavy atom. The molecule has 0 bridgehead atoms. The third-order valence-corrected chi connectivity index (χ3v) is 3.13. The lowest BCUT2D eigenvalue weighted by molar-refractivity contribution is -0.137. The van der Waals surface area contributed by atoms with E-state index < -0.39 is 5.97 Å². The Morgan fingerprint density at radius 2 is 2.06 bits per heavy atom. The van der Waals surface area contributed by atoms with Gasteiger partial charge in [0.05, 0.1) is 5.69 Å². The van der Waals surface area contributed by atoms with Crippen molar-refractivity contribution in [1.82, 2.24) is 15.0 Å². The van der Waals surface area contributed by atoms with Gasteiger partial charge < -0.3 is 5.11 Å². The van der Waals surface area contributed by atoms with Crippen LogP contribution in [0.5, 0.6) is 0 Å². The zero-order valence-electron chi connectivity index (χ0n) is 9.30. The van der Waals surface area contributed by atoms with Crippen molar-refractivity contribution >= 4 is 5.97 Å². The fraction of sp³-hybridized carbons (Fsp3) is 0.727. The van der Waals surface area contributed by atoms with Gasteiger partial charge in [0.15, 0.2) is 0 Å². The molecule has 0 unspecified atom stereocenters. The van der Waals surface area contributed by atoms with Gasteiger partial charge >= 0.3 is 5.97 Å². The second kappa shape index (κ2) is 5.09. The maximum Gasteiger partial charge on any atom is 0.325 e. The first-order valence-electron chi connectivity index (χ1n) is 5.87. The van der Waals surface area contributed by atoms with Crippen LogP contribution in [0.1, 0.15) is 50.1 Å². The van der Waals surface area contributed by atoms with Gasteiger partial charge in [0.1, 0.15) is 6.54 Å². The van der Waals surface area contributed by atoms with E-state index in [2.05, 4.69) is 10.3 Å². The van der Waals surface area contributed by atoms with Crippen LogP contribution >= 0.6 is 0 Å². The molecule has 5 nitrogen and oxygen atoms in total. The van der Waals surface area contributed by atoms with Gasteiger partial charge in [-0.15, -0.1) is 5.10 Å². The topological polar surface area (TPSA) is 68.0 Å². The highest BCUT2D eigenvalue weighted by Gasteiger charge is 2.17. The summed E-state index contributed by atoms with van der Waals surface area (Å²) < 4.78 is 1.41. The fourth-order valence-electron chi connectivity index (χ4n) is 2.29. The van der Waals surface area contributed by atoms with Crippen LogP contribution in [0.25, 0.3) is 0 Å². The quantitative estimate of drug-likeness (QED) is 0.793. The SMILES string of the molecule is O=C(O)Cn1cc(C2CCCCCC2)nn1. The molecule has 0 saturated heterocycles. The predicted octanol–water partition coefficient (Wildman–Crippen LogP) is 1.80. The highest BCUT2D eigenvalue weighted by Crippen LogP contribution is 2.29. The van der Waals surface area contributed by atoms with Crippen molar-refractivity contribution < 1.29 is 9.90 Å². The summed E-state index contributed by atoms with van der Waals surface area (Å²) in [6.07, 6.45) is 9.20. The highest BCUT2D eigenvalue weighted by molar-refractivity contribution is 5.66. The van der Waals surface area contributed by atoms with Gasteiger partial charge in [-0.2, -0.15) is 0 Å². The maximum atomic E-state index is 10.5. The first kappa shape index (κ1) is 11.1. The summed E-state index contributed by atoms with van der Waals surface area (Å²) in [6.45, 7) is -0.0975. The molecule has 2 rings (SSSR count). The molecule has 0 spiro atoms. The van der Waals surface area contributed by atoms with Crippen LogP contribution in [0.3, 0.4) is 0 Å². The minimum absolute atomic E-state index is 0.0975. The van der Waals surface area contributed by atoms with E-state index in [1.165, 1.54) is 30.4 Å². The molecule has 1 aliphatic rings. The number of aromatic nitrogens is 3. The summed E-state index contributed by atoms with van der Waals surface area (Å²) in [5.74, 6) is -0.401. The van der Waals surface area contributed by atoms with Crippen molar-refractivity contribution in [3.8, 4) is 0 Å². The molecule has 0 atom stereocenters. The lowest BCUT2D eigenvalue weighted by Gasteiger charge is -2.08. The number of carboxylic acids is 1. The summed E-state index contributed by atoms with van der Waals surface area (Å²) in [4.78, 5) is 10.5. The average Bonchev–Trinajstić information content (AvgIpc) is 2.53. The maximum absolute atomic E-state index is 10.5. The van der Waals surface area contributed by atoms with Crippen molar-refractivity contribution in [2.24, 2.45) is 0 Å². The van der Waals surface area contributed by atoms with E-state index in [0.29, 0.717) is 5.92 Å². The molecule has 1 N–H and O–H groups in total. The zero-order valence-corrected chi connectivity index (χ0v) is 9.30. The Bertz CT molecular complexity index is 354. The molecule has 0 amide bonds. The van der Waals surface area contributed by atoms with Crippen molar-refractivity contribution in [3.63, 3.8) is 0 Å². The molecule has 88 valence electrons. The summed E-state index contributed by atoms with van der Waals surface area (Å²) in [6, 6.07) is 0. The molecule has 0 aromatic carbocycles. The molecule has 1 aliphatic carbocycles. The van der Waals surface area contributed by atoms with E-state index in [-0.39, 0.29) is 6.54 Å². The standard InChI is InChI=1S/C11H17N3O2/c15-11(16)8-14-7-10(12-13-14)9-5-3-1-2-4-6-9/h7,9H,1-6,8H2,(H,15,16). The summed E-state index contributed by atoms with van der Waals surface area (Å²) in [5, 5.41) is 16.6. The Hall–Kier alpha value is -1.39. The molecule has 1 aromatic heterocycles. The number of hydrogen-bond acceptors (Lipinski definition) is 3. The second-order valence-corrected chi connectivity index (χ2v) is 4.42. The molecule has 1 fully saturated rings. The largest absolute Gasteiger partial charge is 0.480 e. The van der Waals surface area contributed by atoms with Crippen LogP contribution in [-0.4, -0.2) is 26.1 Å². The van der Waals surface area contributed by atoms with Crippen LogP contribution in [0.15, 0.2) is 6.20 Å². The van der Waals surface area contributed by atoms with Gasteiger partial charge in [0, 0.05) is 12.1 Å². The van der Waals surface area contributed by atoms with E-state index in [0.717, 1.165) is 18.5 Å². The van der Waals surface area contributed by atoms with Crippen LogP contribution in [0.2, 0.25) is 0 Å². The van der Waals surface area contributed by atoms with Crippen LogP contribution in [-0.2, 0) is 11.3 Å². The van der Waals surface area contributed by atoms with Gasteiger partial charge in [0.2, 0.25) is 0 Å². The number of carboxylic acid groups (broad SMARTS) is 1. The van der Waals surface area contributed by atoms with Gasteiger partial charge in [-0.25, -0.2) is 4.68 Å². The second-order valence-electron chi connectivity index (χ2n) is 4.42. The van der Waals surface area contributed by atoms with E-state index >= 15 is 0 Å². The summed E-state index contributed by atoms with van der Waals surface area (Å²) >= 11 is 0. The zero-order chi connectivity index (χ0) is 11.4. The minimum atomic E-state index is -0.877. The Balaban J connectivity index is 2.02. The molecular weight excluding hydrogens is 206 g/mol. The Morgan fingerprint density at radius 1 is 1.38 bits per heavy atom. The van der Waals surface area contributed by atoms with Crippen LogP contribution < -0.4 is 0 Å². The lowest BCUT2D eigenvalue weighted by Crippen LogP contribution is -2.09. The number of hydrogen-bond donors (Lipinski definition) is 1. The summed E-state index contributed by atoms with van der Waals surface area (Å²) in [5.41, 5.74) is 0.961. The molecule has 1 aromatic rings. The third-order valence-electron chi connectivity index (χ3n) is 3.13. The van der Waals surface area contributed by atoms with Crippen molar-refractivity contribution in [2.45, 2.75) is 51.0 Å². The fourth-order valence-corrected chi connectivity index (χ4v) is 2.29. The predicted molar refractivity (Wildman–Crippen MR) is 58.1 cm³/mol. The normalized spacial score (nSPS) is 18.2. The third kappa shape index (κ3) is 2.81. The van der Waals surface area contributed by atoms with E-state index in [9.17, 15) is 4.79 Å². The van der Waals surface area contributed by atoms with Crippen molar-refractivity contribution in [3.05, 3.63) is 11.9 Å². The minimum Gasteiger partial charge on any atom is -0.480 e. The van der Waals surface area contributed by atoms with Crippen molar-refractivity contribution in [1.29, 1.82) is 0 Å².